The van der Waals surface area contributed by atoms with Crippen molar-refractivity contribution in [2.24, 2.45) is 0 Å². The van der Waals surface area contributed by atoms with Crippen molar-refractivity contribution in [3.63, 3.8) is 0 Å². The average Bonchev–Trinajstić information content (AvgIpc) is 2.65. The van der Waals surface area contributed by atoms with Crippen LogP contribution in [0.5, 0.6) is 5.75 Å². The molecule has 0 atom stereocenters. The summed E-state index contributed by atoms with van der Waals surface area (Å²) in [7, 11) is 1.13. The van der Waals surface area contributed by atoms with Gasteiger partial charge in [0, 0.05) is 10.0 Å². The molecule has 0 heterocycles. The first-order valence-electron chi connectivity index (χ1n) is 8.18. The summed E-state index contributed by atoms with van der Waals surface area (Å²) in [5, 5.41) is 10.3. The fraction of sp³-hybridized carbons (Fsp3) is 0.316. The molecule has 0 radical (unpaired) electrons. The summed E-state index contributed by atoms with van der Waals surface area (Å²) in [6.45, 7) is 3.58. The Kier molecular flexibility index (Phi) is 7.15. The normalized spacial score (nSPS) is 10.8. The van der Waals surface area contributed by atoms with Gasteiger partial charge >= 0.3 is 6.09 Å². The van der Waals surface area contributed by atoms with Crippen LogP contribution in [0, 0.1) is 6.92 Å². The highest BCUT2D eigenvalue weighted by molar-refractivity contribution is 9.10. The van der Waals surface area contributed by atoms with Gasteiger partial charge in [0.25, 0.3) is 6.43 Å². The molecule has 8 heteroatoms. The van der Waals surface area contributed by atoms with Crippen molar-refractivity contribution in [3.05, 3.63) is 57.1 Å². The lowest BCUT2D eigenvalue weighted by molar-refractivity contribution is 0.140. The van der Waals surface area contributed by atoms with Crippen LogP contribution < -0.4 is 9.80 Å². The van der Waals surface area contributed by atoms with Crippen LogP contribution >= 0.6 is 15.9 Å². The number of hydrogen-bond acceptors (Lipinski definition) is 4. The fourth-order valence-electron chi connectivity index (χ4n) is 2.65. The zero-order valence-corrected chi connectivity index (χ0v) is 16.7. The zero-order valence-electron chi connectivity index (χ0n) is 15.1. The van der Waals surface area contributed by atoms with E-state index in [0.29, 0.717) is 21.5 Å². The van der Waals surface area contributed by atoms with Crippen LogP contribution in [-0.2, 0) is 17.8 Å². The van der Waals surface area contributed by atoms with Crippen LogP contribution in [0.4, 0.5) is 19.3 Å². The first-order chi connectivity index (χ1) is 12.8. The fourth-order valence-corrected chi connectivity index (χ4v) is 3.12. The Morgan fingerprint density at radius 3 is 2.63 bits per heavy atom. The third-order valence-corrected chi connectivity index (χ3v) is 4.87. The first kappa shape index (κ1) is 21.1. The number of anilines is 1. The molecule has 1 amide bonds. The van der Waals surface area contributed by atoms with Crippen LogP contribution in [0.25, 0.3) is 0 Å². The van der Waals surface area contributed by atoms with Gasteiger partial charge in [-0.1, -0.05) is 28.9 Å². The third kappa shape index (κ3) is 4.75. The average molecular weight is 444 g/mol. The molecule has 2 rings (SSSR count). The summed E-state index contributed by atoms with van der Waals surface area (Å²) >= 11 is 3.33. The Morgan fingerprint density at radius 1 is 1.33 bits per heavy atom. The molecule has 0 saturated heterocycles. The second-order valence-electron chi connectivity index (χ2n) is 5.78. The molecule has 2 aromatic rings. The number of amides is 1. The Labute approximate surface area is 164 Å². The smallest absolute Gasteiger partial charge is 0.438 e. The van der Waals surface area contributed by atoms with Gasteiger partial charge in [0.2, 0.25) is 0 Å². The Hall–Kier alpha value is -2.19. The Balaban J connectivity index is 2.37. The van der Waals surface area contributed by atoms with E-state index in [-0.39, 0.29) is 23.6 Å². The number of nitrogens with zero attached hydrogens (tertiary/aromatic N) is 1. The number of hydrogen-bond donors (Lipinski definition) is 1. The van der Waals surface area contributed by atoms with Crippen molar-refractivity contribution in [1.29, 1.82) is 0 Å². The molecule has 0 aliphatic rings. The van der Waals surface area contributed by atoms with E-state index >= 15 is 0 Å². The van der Waals surface area contributed by atoms with Crippen molar-refractivity contribution in [3.8, 4) is 5.75 Å². The van der Waals surface area contributed by atoms with Crippen molar-refractivity contribution in [2.75, 3.05) is 12.2 Å². The summed E-state index contributed by atoms with van der Waals surface area (Å²) < 4.78 is 37.6. The van der Waals surface area contributed by atoms with Gasteiger partial charge in [0.1, 0.15) is 12.4 Å². The van der Waals surface area contributed by atoms with Crippen LogP contribution in [0.15, 0.2) is 34.8 Å². The number of alkyl halides is 2. The SMILES string of the molecule is CCc1cc(C(F)F)c(OCc2c(Br)cccc2N(O)C(=O)OC)cc1C. The van der Waals surface area contributed by atoms with Crippen LogP contribution in [0.2, 0.25) is 0 Å². The maximum atomic E-state index is 13.4. The number of rotatable bonds is 6. The molecule has 0 spiro atoms. The number of halogens is 3. The van der Waals surface area contributed by atoms with Crippen molar-refractivity contribution < 1.29 is 28.3 Å². The predicted molar refractivity (Wildman–Crippen MR) is 101 cm³/mol. The number of methoxy groups -OCH3 is 1. The van der Waals surface area contributed by atoms with Gasteiger partial charge in [-0.25, -0.2) is 13.6 Å². The summed E-state index contributed by atoms with van der Waals surface area (Å²) in [6, 6.07) is 7.81. The molecule has 1 N–H and O–H groups in total. The minimum absolute atomic E-state index is 0.0592. The highest BCUT2D eigenvalue weighted by atomic mass is 79.9. The molecule has 0 unspecified atom stereocenters. The number of carbonyl (C=O) groups excluding carboxylic acids is 1. The lowest BCUT2D eigenvalue weighted by atomic mass is 10.0. The molecule has 5 nitrogen and oxygen atoms in total. The quantitative estimate of drug-likeness (QED) is 0.452. The minimum Gasteiger partial charge on any atom is -0.488 e. The molecule has 0 aromatic heterocycles. The monoisotopic (exact) mass is 443 g/mol. The van der Waals surface area contributed by atoms with Gasteiger partial charge in [0.05, 0.1) is 18.4 Å². The number of benzene rings is 2. The maximum absolute atomic E-state index is 13.4. The molecule has 0 aliphatic carbocycles. The molecular weight excluding hydrogens is 424 g/mol. The maximum Gasteiger partial charge on any atom is 0.438 e. The summed E-state index contributed by atoms with van der Waals surface area (Å²) in [5.74, 6) is 0.0592. The van der Waals surface area contributed by atoms with Gasteiger partial charge in [-0.15, -0.1) is 0 Å². The Morgan fingerprint density at radius 2 is 2.04 bits per heavy atom. The highest BCUT2D eigenvalue weighted by Gasteiger charge is 2.21. The zero-order chi connectivity index (χ0) is 20.1. The van der Waals surface area contributed by atoms with Gasteiger partial charge in [-0.3, -0.25) is 5.21 Å². The van der Waals surface area contributed by atoms with Gasteiger partial charge in [0.15, 0.2) is 0 Å². The second kappa shape index (κ2) is 9.14. The van der Waals surface area contributed by atoms with E-state index in [0.717, 1.165) is 18.2 Å². The van der Waals surface area contributed by atoms with Crippen LogP contribution in [-0.4, -0.2) is 18.4 Å². The lowest BCUT2D eigenvalue weighted by Crippen LogP contribution is -2.28. The van der Waals surface area contributed by atoms with Crippen LogP contribution in [0.3, 0.4) is 0 Å². The van der Waals surface area contributed by atoms with Crippen molar-refractivity contribution in [1.82, 2.24) is 0 Å². The topological polar surface area (TPSA) is 59.0 Å². The highest BCUT2D eigenvalue weighted by Crippen LogP contribution is 2.34. The summed E-state index contributed by atoms with van der Waals surface area (Å²) in [4.78, 5) is 11.6. The number of carbonyl (C=O) groups is 1. The van der Waals surface area contributed by atoms with E-state index in [2.05, 4.69) is 20.7 Å². The molecule has 0 saturated carbocycles. The standard InChI is InChI=1S/C19H20BrF2NO4/c1-4-12-9-13(18(21)22)17(8-11(12)2)27-10-14-15(20)6-5-7-16(14)23(25)19(24)26-3/h5-9,18,25H,4,10H2,1-3H3. The van der Waals surface area contributed by atoms with Gasteiger partial charge in [-0.2, -0.15) is 5.06 Å². The molecule has 146 valence electrons. The van der Waals surface area contributed by atoms with Crippen LogP contribution in [0.1, 0.15) is 35.6 Å². The summed E-state index contributed by atoms with van der Waals surface area (Å²) in [6.07, 6.45) is -3.03. The largest absolute Gasteiger partial charge is 0.488 e. The van der Waals surface area contributed by atoms with E-state index in [9.17, 15) is 18.8 Å². The van der Waals surface area contributed by atoms with E-state index in [4.69, 9.17) is 4.74 Å². The molecule has 2 aromatic carbocycles. The number of ether oxygens (including phenoxy) is 2. The molecule has 0 bridgehead atoms. The van der Waals surface area contributed by atoms with E-state index in [1.54, 1.807) is 18.2 Å². The third-order valence-electron chi connectivity index (χ3n) is 4.13. The Bertz CT molecular complexity index is 830. The van der Waals surface area contributed by atoms with Crippen molar-refractivity contribution >= 4 is 27.7 Å². The van der Waals surface area contributed by atoms with E-state index in [1.807, 2.05) is 13.8 Å². The summed E-state index contributed by atoms with van der Waals surface area (Å²) in [5.41, 5.74) is 2.01. The van der Waals surface area contributed by atoms with Gasteiger partial charge < -0.3 is 9.47 Å². The number of hydroxylamine groups is 1. The minimum atomic E-state index is -2.69. The molecule has 0 aliphatic heterocycles. The second-order valence-corrected chi connectivity index (χ2v) is 6.63. The molecule has 27 heavy (non-hydrogen) atoms. The first-order valence-corrected chi connectivity index (χ1v) is 8.98. The lowest BCUT2D eigenvalue weighted by Gasteiger charge is -2.20. The predicted octanol–water partition coefficient (Wildman–Crippen LogP) is 5.80. The molecule has 0 fully saturated rings. The molecular formula is C19H20BrF2NO4. The van der Waals surface area contributed by atoms with Gasteiger partial charge in [-0.05, 0) is 48.7 Å². The van der Waals surface area contributed by atoms with E-state index < -0.39 is 12.5 Å². The number of aryl methyl sites for hydroxylation is 2. The van der Waals surface area contributed by atoms with E-state index in [1.165, 1.54) is 12.1 Å². The van der Waals surface area contributed by atoms with Crippen molar-refractivity contribution in [2.45, 2.75) is 33.3 Å².